The van der Waals surface area contributed by atoms with Gasteiger partial charge in [-0.05, 0) is 42.8 Å². The molecule has 0 unspecified atom stereocenters. The van der Waals surface area contributed by atoms with Crippen LogP contribution in [-0.2, 0) is 20.5 Å². The van der Waals surface area contributed by atoms with E-state index >= 15 is 0 Å². The van der Waals surface area contributed by atoms with Crippen molar-refractivity contribution in [1.29, 1.82) is 0 Å². The lowest BCUT2D eigenvalue weighted by molar-refractivity contribution is -0.150. The third-order valence-corrected chi connectivity index (χ3v) is 3.84. The molecule has 2 aromatic carbocycles. The molecule has 2 aromatic rings. The van der Waals surface area contributed by atoms with E-state index in [0.717, 1.165) is 23.8 Å². The van der Waals surface area contributed by atoms with Crippen molar-refractivity contribution in [1.82, 2.24) is 5.32 Å². The Hall–Kier alpha value is -2.74. The van der Waals surface area contributed by atoms with Crippen LogP contribution in [0.1, 0.15) is 24.1 Å². The monoisotopic (exact) mass is 415 g/mol. The van der Waals surface area contributed by atoms with Gasteiger partial charge in [-0.2, -0.15) is 13.2 Å². The maximum Gasteiger partial charge on any atom is 0.416 e. The fourth-order valence-electron chi connectivity index (χ4n) is 2.23. The van der Waals surface area contributed by atoms with Gasteiger partial charge in [0.15, 0.2) is 13.2 Å². The average Bonchev–Trinajstić information content (AvgIpc) is 2.64. The zero-order valence-electron chi connectivity index (χ0n) is 14.8. The lowest BCUT2D eigenvalue weighted by atomic mass is 10.1. The van der Waals surface area contributed by atoms with Crippen LogP contribution in [-0.4, -0.2) is 25.1 Å². The molecule has 0 saturated carbocycles. The fraction of sp³-hybridized carbons (Fsp3) is 0.263. The van der Waals surface area contributed by atoms with Crippen LogP contribution in [0, 0.1) is 0 Å². The molecule has 0 bridgehead atoms. The highest BCUT2D eigenvalue weighted by Crippen LogP contribution is 2.31. The summed E-state index contributed by atoms with van der Waals surface area (Å²) in [5, 5.41) is 3.16. The Morgan fingerprint density at radius 2 is 1.82 bits per heavy atom. The van der Waals surface area contributed by atoms with E-state index in [2.05, 4.69) is 5.32 Å². The van der Waals surface area contributed by atoms with E-state index in [9.17, 15) is 22.8 Å². The molecule has 2 rings (SSSR count). The van der Waals surface area contributed by atoms with Crippen molar-refractivity contribution in [2.75, 3.05) is 13.2 Å². The lowest BCUT2D eigenvalue weighted by Gasteiger charge is -2.15. The maximum atomic E-state index is 12.6. The summed E-state index contributed by atoms with van der Waals surface area (Å²) in [6.07, 6.45) is -4.52. The minimum absolute atomic E-state index is 0.134. The molecule has 0 aliphatic carbocycles. The molecule has 0 heterocycles. The first-order valence-electron chi connectivity index (χ1n) is 8.15. The predicted octanol–water partition coefficient (Wildman–Crippen LogP) is 4.16. The molecule has 0 radical (unpaired) electrons. The van der Waals surface area contributed by atoms with Crippen LogP contribution in [0.2, 0.25) is 5.02 Å². The number of rotatable bonds is 7. The second-order valence-corrected chi connectivity index (χ2v) is 6.26. The van der Waals surface area contributed by atoms with Gasteiger partial charge in [-0.3, -0.25) is 4.79 Å². The largest absolute Gasteiger partial charge is 0.482 e. The highest BCUT2D eigenvalue weighted by atomic mass is 35.5. The molecule has 0 aliphatic rings. The Labute approximate surface area is 164 Å². The molecule has 0 saturated heterocycles. The molecule has 150 valence electrons. The summed E-state index contributed by atoms with van der Waals surface area (Å²) in [5.74, 6) is -1.56. The first-order valence-corrected chi connectivity index (χ1v) is 8.53. The van der Waals surface area contributed by atoms with Gasteiger partial charge in [0.2, 0.25) is 0 Å². The van der Waals surface area contributed by atoms with E-state index < -0.39 is 36.8 Å². The number of benzene rings is 2. The highest BCUT2D eigenvalue weighted by Gasteiger charge is 2.30. The van der Waals surface area contributed by atoms with Gasteiger partial charge in [-0.1, -0.05) is 29.8 Å². The second-order valence-electron chi connectivity index (χ2n) is 5.82. The minimum atomic E-state index is -4.52. The molecule has 1 amide bonds. The van der Waals surface area contributed by atoms with Crippen molar-refractivity contribution in [3.8, 4) is 5.75 Å². The van der Waals surface area contributed by atoms with Gasteiger partial charge >= 0.3 is 12.1 Å². The summed E-state index contributed by atoms with van der Waals surface area (Å²) in [4.78, 5) is 23.5. The summed E-state index contributed by atoms with van der Waals surface area (Å²) >= 11 is 5.89. The van der Waals surface area contributed by atoms with Gasteiger partial charge < -0.3 is 14.8 Å². The molecule has 0 aromatic heterocycles. The molecule has 0 spiro atoms. The number of carbonyl (C=O) groups excluding carboxylic acids is 2. The van der Waals surface area contributed by atoms with Crippen LogP contribution in [0.4, 0.5) is 13.2 Å². The van der Waals surface area contributed by atoms with E-state index in [4.69, 9.17) is 21.1 Å². The van der Waals surface area contributed by atoms with Crippen molar-refractivity contribution in [2.24, 2.45) is 0 Å². The summed E-state index contributed by atoms with van der Waals surface area (Å²) in [7, 11) is 0. The van der Waals surface area contributed by atoms with Crippen LogP contribution in [0.15, 0.2) is 48.5 Å². The van der Waals surface area contributed by atoms with Crippen molar-refractivity contribution in [2.45, 2.75) is 19.1 Å². The highest BCUT2D eigenvalue weighted by molar-refractivity contribution is 6.30. The van der Waals surface area contributed by atoms with Crippen LogP contribution in [0.5, 0.6) is 5.75 Å². The van der Waals surface area contributed by atoms with Gasteiger partial charge in [0.05, 0.1) is 11.6 Å². The van der Waals surface area contributed by atoms with Crippen LogP contribution in [0.3, 0.4) is 0 Å². The summed E-state index contributed by atoms with van der Waals surface area (Å²) < 4.78 is 47.6. The van der Waals surface area contributed by atoms with E-state index in [-0.39, 0.29) is 11.8 Å². The number of ether oxygens (including phenoxy) is 2. The summed E-state index contributed by atoms with van der Waals surface area (Å²) in [6.45, 7) is 0.566. The first kappa shape index (κ1) is 21.6. The number of hydrogen-bond acceptors (Lipinski definition) is 4. The summed E-state index contributed by atoms with van der Waals surface area (Å²) in [5.41, 5.74) is -0.118. The van der Waals surface area contributed by atoms with Gasteiger partial charge in [0.1, 0.15) is 5.75 Å². The molecular weight excluding hydrogens is 399 g/mol. The molecule has 5 nitrogen and oxygen atoms in total. The number of hydrogen-bond donors (Lipinski definition) is 1. The Balaban J connectivity index is 1.77. The normalized spacial score (nSPS) is 12.2. The topological polar surface area (TPSA) is 64.6 Å². The van der Waals surface area contributed by atoms with E-state index in [1.54, 1.807) is 31.2 Å². The first-order chi connectivity index (χ1) is 13.1. The molecule has 1 atom stereocenters. The number of halogens is 4. The van der Waals surface area contributed by atoms with Gasteiger partial charge in [-0.15, -0.1) is 0 Å². The molecule has 28 heavy (non-hydrogen) atoms. The minimum Gasteiger partial charge on any atom is -0.482 e. The number of nitrogens with one attached hydrogen (secondary N) is 1. The van der Waals surface area contributed by atoms with Crippen molar-refractivity contribution in [3.05, 3.63) is 64.7 Å². The predicted molar refractivity (Wildman–Crippen MR) is 95.9 cm³/mol. The maximum absolute atomic E-state index is 12.6. The van der Waals surface area contributed by atoms with Crippen molar-refractivity contribution in [3.63, 3.8) is 0 Å². The standard InChI is InChI=1S/C19H17ClF3NO4/c1-12(13-4-2-6-15(20)8-13)24-17(25)10-28-18(26)11-27-16-7-3-5-14(9-16)19(21,22)23/h2-9,12H,10-11H2,1H3,(H,24,25)/t12-/m1/s1. The van der Waals surface area contributed by atoms with Crippen LogP contribution >= 0.6 is 11.6 Å². The second kappa shape index (κ2) is 9.45. The number of esters is 1. The van der Waals surface area contributed by atoms with Gasteiger partial charge in [0, 0.05) is 5.02 Å². The molecule has 1 N–H and O–H groups in total. The molecular formula is C19H17ClF3NO4. The van der Waals surface area contributed by atoms with Crippen LogP contribution < -0.4 is 10.1 Å². The lowest BCUT2D eigenvalue weighted by Crippen LogP contribution is -2.31. The Bertz CT molecular complexity index is 842. The zero-order valence-corrected chi connectivity index (χ0v) is 15.5. The molecule has 0 aliphatic heterocycles. The van der Waals surface area contributed by atoms with E-state index in [0.29, 0.717) is 5.02 Å². The van der Waals surface area contributed by atoms with Gasteiger partial charge in [-0.25, -0.2) is 4.79 Å². The number of carbonyl (C=O) groups is 2. The van der Waals surface area contributed by atoms with Crippen molar-refractivity contribution >= 4 is 23.5 Å². The Morgan fingerprint density at radius 3 is 2.50 bits per heavy atom. The van der Waals surface area contributed by atoms with E-state index in [1.165, 1.54) is 6.07 Å². The third kappa shape index (κ3) is 6.77. The Morgan fingerprint density at radius 1 is 1.11 bits per heavy atom. The van der Waals surface area contributed by atoms with Crippen LogP contribution in [0.25, 0.3) is 0 Å². The molecule has 9 heteroatoms. The molecule has 0 fully saturated rings. The zero-order chi connectivity index (χ0) is 20.7. The van der Waals surface area contributed by atoms with E-state index in [1.807, 2.05) is 0 Å². The van der Waals surface area contributed by atoms with Crippen molar-refractivity contribution < 1.29 is 32.2 Å². The third-order valence-electron chi connectivity index (χ3n) is 3.61. The Kier molecular flexibility index (Phi) is 7.28. The smallest absolute Gasteiger partial charge is 0.416 e. The number of amides is 1. The fourth-order valence-corrected chi connectivity index (χ4v) is 2.43. The number of alkyl halides is 3. The van der Waals surface area contributed by atoms with Gasteiger partial charge in [0.25, 0.3) is 5.91 Å². The average molecular weight is 416 g/mol. The SMILES string of the molecule is C[C@@H](NC(=O)COC(=O)COc1cccc(C(F)(F)F)c1)c1cccc(Cl)c1. The quantitative estimate of drug-likeness (QED) is 0.690. The summed E-state index contributed by atoms with van der Waals surface area (Å²) in [6, 6.07) is 10.7.